The Labute approximate surface area is 127 Å². The van der Waals surface area contributed by atoms with Crippen molar-refractivity contribution in [2.45, 2.75) is 39.7 Å². The first kappa shape index (κ1) is 17.8. The lowest BCUT2D eigenvalue weighted by atomic mass is 9.97. The summed E-state index contributed by atoms with van der Waals surface area (Å²) in [7, 11) is 2.05. The van der Waals surface area contributed by atoms with Gasteiger partial charge >= 0.3 is 12.0 Å². The van der Waals surface area contributed by atoms with E-state index in [9.17, 15) is 14.7 Å². The zero-order valence-electron chi connectivity index (χ0n) is 13.8. The zero-order chi connectivity index (χ0) is 16.2. The quantitative estimate of drug-likeness (QED) is 0.806. The molecule has 0 bridgehead atoms. The second-order valence-electron chi connectivity index (χ2n) is 7.01. The van der Waals surface area contributed by atoms with Crippen LogP contribution < -0.4 is 5.32 Å². The summed E-state index contributed by atoms with van der Waals surface area (Å²) >= 11 is 0. The molecule has 0 aromatic heterocycles. The number of piperazine rings is 1. The minimum Gasteiger partial charge on any atom is -0.481 e. The lowest BCUT2D eigenvalue weighted by molar-refractivity contribution is -0.142. The van der Waals surface area contributed by atoms with Crippen molar-refractivity contribution < 1.29 is 14.7 Å². The van der Waals surface area contributed by atoms with E-state index in [1.807, 2.05) is 13.8 Å². The number of carboxylic acid groups (broad SMARTS) is 1. The Morgan fingerprint density at radius 3 is 2.38 bits per heavy atom. The highest BCUT2D eigenvalue weighted by atomic mass is 16.4. The van der Waals surface area contributed by atoms with E-state index in [4.69, 9.17) is 0 Å². The number of urea groups is 1. The molecule has 0 aromatic rings. The van der Waals surface area contributed by atoms with Gasteiger partial charge in [-0.3, -0.25) is 9.69 Å². The first-order chi connectivity index (χ1) is 9.63. The summed E-state index contributed by atoms with van der Waals surface area (Å²) in [6, 6.07) is -0.161. The van der Waals surface area contributed by atoms with Crippen molar-refractivity contribution in [2.75, 3.05) is 33.2 Å². The zero-order valence-corrected chi connectivity index (χ0v) is 13.8. The number of hydrogen-bond acceptors (Lipinski definition) is 3. The normalized spacial score (nSPS) is 20.4. The van der Waals surface area contributed by atoms with Gasteiger partial charge < -0.3 is 15.3 Å². The van der Waals surface area contributed by atoms with Crippen LogP contribution in [-0.2, 0) is 4.79 Å². The van der Waals surface area contributed by atoms with Gasteiger partial charge in [0.2, 0.25) is 0 Å². The van der Waals surface area contributed by atoms with Gasteiger partial charge in [-0.25, -0.2) is 4.79 Å². The highest BCUT2D eigenvalue weighted by molar-refractivity contribution is 5.76. The number of carboxylic acids is 1. The summed E-state index contributed by atoms with van der Waals surface area (Å²) in [6.45, 7) is 10.5. The van der Waals surface area contributed by atoms with Gasteiger partial charge in [-0.15, -0.1) is 0 Å². The topological polar surface area (TPSA) is 72.9 Å². The number of amides is 2. The molecule has 0 aliphatic carbocycles. The largest absolute Gasteiger partial charge is 0.481 e. The van der Waals surface area contributed by atoms with Crippen LogP contribution in [0.5, 0.6) is 0 Å². The molecule has 1 saturated heterocycles. The minimum atomic E-state index is -0.845. The van der Waals surface area contributed by atoms with Crippen LogP contribution >= 0.6 is 0 Å². The van der Waals surface area contributed by atoms with Gasteiger partial charge in [0.1, 0.15) is 0 Å². The van der Waals surface area contributed by atoms with E-state index >= 15 is 0 Å². The van der Waals surface area contributed by atoms with E-state index in [1.54, 1.807) is 4.90 Å². The lowest BCUT2D eigenvalue weighted by Gasteiger charge is -2.45. The van der Waals surface area contributed by atoms with E-state index in [-0.39, 0.29) is 18.1 Å². The van der Waals surface area contributed by atoms with Crippen molar-refractivity contribution in [3.63, 3.8) is 0 Å². The molecule has 6 nitrogen and oxygen atoms in total. The average Bonchev–Trinajstić information content (AvgIpc) is 2.36. The van der Waals surface area contributed by atoms with Gasteiger partial charge in [0.05, 0.1) is 5.92 Å². The fraction of sp³-hybridized carbons (Fsp3) is 0.867. The molecule has 1 heterocycles. The van der Waals surface area contributed by atoms with Crippen LogP contribution in [0.2, 0.25) is 0 Å². The Bertz CT molecular complexity index is 382. The molecule has 1 rings (SSSR count). The molecular formula is C15H29N3O3. The van der Waals surface area contributed by atoms with E-state index in [2.05, 4.69) is 31.1 Å². The molecule has 1 fully saturated rings. The smallest absolute Gasteiger partial charge is 0.317 e. The Morgan fingerprint density at radius 1 is 1.29 bits per heavy atom. The van der Waals surface area contributed by atoms with Gasteiger partial charge in [0.25, 0.3) is 0 Å². The third-order valence-electron chi connectivity index (χ3n) is 4.21. The Kier molecular flexibility index (Phi) is 6.01. The van der Waals surface area contributed by atoms with Crippen molar-refractivity contribution in [3.05, 3.63) is 0 Å². The number of likely N-dealkylation sites (N-methyl/N-ethyl adjacent to an activating group) is 1. The van der Waals surface area contributed by atoms with Crippen LogP contribution in [0.25, 0.3) is 0 Å². The van der Waals surface area contributed by atoms with Gasteiger partial charge in [0, 0.05) is 31.7 Å². The van der Waals surface area contributed by atoms with Crippen molar-refractivity contribution in [1.82, 2.24) is 15.1 Å². The number of hydrogen-bond donors (Lipinski definition) is 2. The van der Waals surface area contributed by atoms with Crippen LogP contribution in [0.3, 0.4) is 0 Å². The molecule has 21 heavy (non-hydrogen) atoms. The van der Waals surface area contributed by atoms with E-state index in [0.717, 1.165) is 6.54 Å². The third-order valence-corrected chi connectivity index (χ3v) is 4.21. The van der Waals surface area contributed by atoms with Crippen LogP contribution in [0, 0.1) is 11.8 Å². The number of nitrogens with zero attached hydrogens (tertiary/aromatic N) is 2. The molecule has 6 heteroatoms. The molecule has 1 aliphatic rings. The highest BCUT2D eigenvalue weighted by Crippen LogP contribution is 2.19. The molecule has 0 saturated carbocycles. The fourth-order valence-corrected chi connectivity index (χ4v) is 2.58. The SMILES string of the molecule is CC(C)CC(CNC(=O)N1CCN(C)C(C)(C)C1)C(=O)O. The van der Waals surface area contributed by atoms with Gasteiger partial charge in [-0.1, -0.05) is 13.8 Å². The first-order valence-corrected chi connectivity index (χ1v) is 7.60. The molecule has 0 radical (unpaired) electrons. The Hall–Kier alpha value is -1.30. The fourth-order valence-electron chi connectivity index (χ4n) is 2.58. The van der Waals surface area contributed by atoms with Gasteiger partial charge in [-0.05, 0) is 33.2 Å². The number of nitrogens with one attached hydrogen (secondary N) is 1. The maximum atomic E-state index is 12.2. The molecule has 1 aliphatic heterocycles. The van der Waals surface area contributed by atoms with Crippen molar-refractivity contribution >= 4 is 12.0 Å². The predicted octanol–water partition coefficient (Wildman–Crippen LogP) is 1.47. The molecule has 0 spiro atoms. The summed E-state index contributed by atoms with van der Waals surface area (Å²) in [5.74, 6) is -1.07. The maximum absolute atomic E-state index is 12.2. The Morgan fingerprint density at radius 2 is 1.90 bits per heavy atom. The second kappa shape index (κ2) is 7.11. The molecule has 1 atom stereocenters. The summed E-state index contributed by atoms with van der Waals surface area (Å²) in [5, 5.41) is 12.0. The first-order valence-electron chi connectivity index (χ1n) is 7.60. The van der Waals surface area contributed by atoms with Crippen molar-refractivity contribution in [3.8, 4) is 0 Å². The molecular weight excluding hydrogens is 270 g/mol. The Balaban J connectivity index is 2.51. The number of carbonyl (C=O) groups excluding carboxylic acids is 1. The maximum Gasteiger partial charge on any atom is 0.317 e. The highest BCUT2D eigenvalue weighted by Gasteiger charge is 2.33. The van der Waals surface area contributed by atoms with E-state index in [0.29, 0.717) is 25.4 Å². The van der Waals surface area contributed by atoms with Crippen LogP contribution in [0.4, 0.5) is 4.79 Å². The molecule has 2 N–H and O–H groups in total. The van der Waals surface area contributed by atoms with Crippen molar-refractivity contribution in [2.24, 2.45) is 11.8 Å². The average molecular weight is 299 g/mol. The van der Waals surface area contributed by atoms with Crippen LogP contribution in [-0.4, -0.2) is 65.7 Å². The molecule has 0 aromatic carbocycles. The van der Waals surface area contributed by atoms with Crippen LogP contribution in [0.1, 0.15) is 34.1 Å². The standard InChI is InChI=1S/C15H29N3O3/c1-11(2)8-12(13(19)20)9-16-14(21)18-7-6-17(5)15(3,4)10-18/h11-12H,6-10H2,1-5H3,(H,16,21)(H,19,20). The van der Waals surface area contributed by atoms with E-state index < -0.39 is 11.9 Å². The van der Waals surface area contributed by atoms with E-state index in [1.165, 1.54) is 0 Å². The van der Waals surface area contributed by atoms with Crippen molar-refractivity contribution in [1.29, 1.82) is 0 Å². The summed E-state index contributed by atoms with van der Waals surface area (Å²) < 4.78 is 0. The minimum absolute atomic E-state index is 0.0558. The summed E-state index contributed by atoms with van der Waals surface area (Å²) in [6.07, 6.45) is 0.573. The lowest BCUT2D eigenvalue weighted by Crippen LogP contribution is -2.60. The second-order valence-corrected chi connectivity index (χ2v) is 7.01. The molecule has 122 valence electrons. The van der Waals surface area contributed by atoms with Crippen LogP contribution in [0.15, 0.2) is 0 Å². The number of aliphatic carboxylic acids is 1. The predicted molar refractivity (Wildman–Crippen MR) is 82.3 cm³/mol. The number of rotatable bonds is 5. The third kappa shape index (κ3) is 5.19. The van der Waals surface area contributed by atoms with Gasteiger partial charge in [-0.2, -0.15) is 0 Å². The number of carbonyl (C=O) groups is 2. The monoisotopic (exact) mass is 299 g/mol. The molecule has 1 unspecified atom stereocenters. The summed E-state index contributed by atoms with van der Waals surface area (Å²) in [5.41, 5.74) is -0.0558. The summed E-state index contributed by atoms with van der Waals surface area (Å²) in [4.78, 5) is 27.4. The van der Waals surface area contributed by atoms with Gasteiger partial charge in [0.15, 0.2) is 0 Å². The molecule has 2 amide bonds.